The third-order valence-electron chi connectivity index (χ3n) is 3.01. The summed E-state index contributed by atoms with van der Waals surface area (Å²) >= 11 is 0. The Morgan fingerprint density at radius 2 is 1.94 bits per heavy atom. The highest BCUT2D eigenvalue weighted by molar-refractivity contribution is 6.37. The first-order chi connectivity index (χ1) is 7.79. The number of ketones is 2. The lowest BCUT2D eigenvalue weighted by molar-refractivity contribution is -0.177. The van der Waals surface area contributed by atoms with E-state index in [0.717, 1.165) is 0 Å². The van der Waals surface area contributed by atoms with E-state index < -0.39 is 48.1 Å². The highest BCUT2D eigenvalue weighted by atomic mass is 19.3. The quantitative estimate of drug-likeness (QED) is 0.419. The largest absolute Gasteiger partial charge is 0.460 e. The van der Waals surface area contributed by atoms with Crippen molar-refractivity contribution in [2.75, 3.05) is 6.61 Å². The van der Waals surface area contributed by atoms with Crippen LogP contribution in [0.2, 0.25) is 0 Å². The summed E-state index contributed by atoms with van der Waals surface area (Å²) in [6.07, 6.45) is -1.19. The van der Waals surface area contributed by atoms with E-state index in [1.807, 2.05) is 0 Å². The lowest BCUT2D eigenvalue weighted by atomic mass is 9.68. The Hall–Kier alpha value is -1.33. The molecule has 0 spiro atoms. The molecule has 1 rings (SSSR count). The fraction of sp³-hybridized carbons (Fsp3) is 0.727. The average molecular weight is 248 g/mol. The van der Waals surface area contributed by atoms with Gasteiger partial charge in [-0.1, -0.05) is 6.92 Å². The van der Waals surface area contributed by atoms with Crippen LogP contribution in [0, 0.1) is 11.8 Å². The van der Waals surface area contributed by atoms with E-state index in [2.05, 4.69) is 4.74 Å². The van der Waals surface area contributed by atoms with Gasteiger partial charge in [0.05, 0.1) is 13.0 Å². The van der Waals surface area contributed by atoms with Gasteiger partial charge in [0.15, 0.2) is 0 Å². The number of esters is 1. The van der Waals surface area contributed by atoms with Crippen molar-refractivity contribution in [2.24, 2.45) is 11.8 Å². The van der Waals surface area contributed by atoms with Crippen LogP contribution in [0.4, 0.5) is 8.78 Å². The number of Topliss-reactive ketones (excluding diaryl/α,β-unsaturated/α-hetero) is 2. The molecule has 0 saturated heterocycles. The minimum Gasteiger partial charge on any atom is -0.460 e. The molecular weight excluding hydrogens is 234 g/mol. The molecule has 0 aromatic heterocycles. The normalized spacial score (nSPS) is 25.9. The van der Waals surface area contributed by atoms with Crippen LogP contribution in [0.25, 0.3) is 0 Å². The van der Waals surface area contributed by atoms with E-state index in [1.165, 1.54) is 13.8 Å². The van der Waals surface area contributed by atoms with Crippen LogP contribution in [-0.4, -0.2) is 30.1 Å². The van der Waals surface area contributed by atoms with E-state index in [9.17, 15) is 23.2 Å². The van der Waals surface area contributed by atoms with E-state index in [0.29, 0.717) is 0 Å². The van der Waals surface area contributed by atoms with Crippen molar-refractivity contribution in [3.05, 3.63) is 0 Å². The van der Waals surface area contributed by atoms with Crippen LogP contribution in [0.5, 0.6) is 0 Å². The van der Waals surface area contributed by atoms with Gasteiger partial charge in [-0.3, -0.25) is 9.59 Å². The number of halogens is 2. The standard InChI is InChI=1S/C11H14F2O4/c1-3-17-10(16)9(15)4-8(14)7-5-11(12,13)6(7)2/h6-7H,3-5H2,1-2H3. The molecule has 1 fully saturated rings. The molecule has 0 aliphatic heterocycles. The van der Waals surface area contributed by atoms with Gasteiger partial charge in [-0.2, -0.15) is 0 Å². The molecule has 2 unspecified atom stereocenters. The second-order valence-electron chi connectivity index (χ2n) is 4.15. The Bertz CT molecular complexity index is 351. The Morgan fingerprint density at radius 1 is 1.35 bits per heavy atom. The lowest BCUT2D eigenvalue weighted by Gasteiger charge is -2.41. The zero-order valence-corrected chi connectivity index (χ0v) is 9.66. The smallest absolute Gasteiger partial charge is 0.375 e. The minimum absolute atomic E-state index is 0.0384. The number of carbonyl (C=O) groups excluding carboxylic acids is 3. The molecule has 1 aliphatic rings. The molecule has 0 aromatic carbocycles. The number of ether oxygens (including phenoxy) is 1. The maximum absolute atomic E-state index is 12.8. The first-order valence-corrected chi connectivity index (χ1v) is 5.40. The fourth-order valence-corrected chi connectivity index (χ4v) is 1.76. The SMILES string of the molecule is CCOC(=O)C(=O)CC(=O)C1CC(F)(F)C1C. The van der Waals surface area contributed by atoms with Gasteiger partial charge in [0.1, 0.15) is 5.78 Å². The summed E-state index contributed by atoms with van der Waals surface area (Å²) in [7, 11) is 0. The highest BCUT2D eigenvalue weighted by Gasteiger charge is 2.55. The number of carbonyl (C=O) groups is 3. The van der Waals surface area contributed by atoms with Crippen molar-refractivity contribution >= 4 is 17.5 Å². The fourth-order valence-electron chi connectivity index (χ4n) is 1.76. The first kappa shape index (κ1) is 13.7. The zero-order chi connectivity index (χ0) is 13.2. The second-order valence-corrected chi connectivity index (χ2v) is 4.15. The molecule has 1 aliphatic carbocycles. The first-order valence-electron chi connectivity index (χ1n) is 5.40. The van der Waals surface area contributed by atoms with Gasteiger partial charge in [-0.05, 0) is 6.92 Å². The van der Waals surface area contributed by atoms with Crippen LogP contribution in [0.15, 0.2) is 0 Å². The number of rotatable bonds is 5. The van der Waals surface area contributed by atoms with Crippen LogP contribution < -0.4 is 0 Å². The molecule has 6 heteroatoms. The number of alkyl halides is 2. The number of hydrogen-bond acceptors (Lipinski definition) is 4. The molecule has 0 aromatic rings. The monoisotopic (exact) mass is 248 g/mol. The molecule has 2 atom stereocenters. The van der Waals surface area contributed by atoms with Crippen LogP contribution in [0.1, 0.15) is 26.7 Å². The topological polar surface area (TPSA) is 60.4 Å². The summed E-state index contributed by atoms with van der Waals surface area (Å²) < 4.78 is 30.1. The van der Waals surface area contributed by atoms with Crippen molar-refractivity contribution in [3.63, 3.8) is 0 Å². The van der Waals surface area contributed by atoms with Crippen molar-refractivity contribution in [2.45, 2.75) is 32.6 Å². The van der Waals surface area contributed by atoms with Crippen LogP contribution >= 0.6 is 0 Å². The Labute approximate surface area is 97.3 Å². The third-order valence-corrected chi connectivity index (χ3v) is 3.01. The van der Waals surface area contributed by atoms with E-state index in [4.69, 9.17) is 0 Å². The molecule has 17 heavy (non-hydrogen) atoms. The molecule has 4 nitrogen and oxygen atoms in total. The van der Waals surface area contributed by atoms with E-state index in [1.54, 1.807) is 0 Å². The van der Waals surface area contributed by atoms with E-state index >= 15 is 0 Å². The molecule has 0 amide bonds. The summed E-state index contributed by atoms with van der Waals surface area (Å²) in [5.41, 5.74) is 0. The summed E-state index contributed by atoms with van der Waals surface area (Å²) in [4.78, 5) is 33.6. The summed E-state index contributed by atoms with van der Waals surface area (Å²) in [6.45, 7) is 2.83. The zero-order valence-electron chi connectivity index (χ0n) is 9.66. The van der Waals surface area contributed by atoms with Crippen LogP contribution in [-0.2, 0) is 19.1 Å². The third kappa shape index (κ3) is 2.87. The second kappa shape index (κ2) is 4.89. The predicted molar refractivity (Wildman–Crippen MR) is 53.5 cm³/mol. The minimum atomic E-state index is -2.84. The molecule has 1 saturated carbocycles. The Kier molecular flexibility index (Phi) is 3.95. The van der Waals surface area contributed by atoms with Gasteiger partial charge in [0.25, 0.3) is 5.92 Å². The summed E-state index contributed by atoms with van der Waals surface area (Å²) in [5.74, 6) is -7.40. The average Bonchev–Trinajstić information content (AvgIpc) is 2.25. The summed E-state index contributed by atoms with van der Waals surface area (Å²) in [6, 6.07) is 0. The highest BCUT2D eigenvalue weighted by Crippen LogP contribution is 2.48. The molecule has 0 radical (unpaired) electrons. The van der Waals surface area contributed by atoms with Crippen molar-refractivity contribution in [3.8, 4) is 0 Å². The number of hydrogen-bond donors (Lipinski definition) is 0. The van der Waals surface area contributed by atoms with Gasteiger partial charge in [0, 0.05) is 18.3 Å². The van der Waals surface area contributed by atoms with Gasteiger partial charge in [-0.15, -0.1) is 0 Å². The maximum Gasteiger partial charge on any atom is 0.375 e. The van der Waals surface area contributed by atoms with Crippen molar-refractivity contribution in [1.29, 1.82) is 0 Å². The lowest BCUT2D eigenvalue weighted by Crippen LogP contribution is -2.49. The van der Waals surface area contributed by atoms with Gasteiger partial charge in [-0.25, -0.2) is 13.6 Å². The van der Waals surface area contributed by atoms with Crippen LogP contribution in [0.3, 0.4) is 0 Å². The molecule has 0 heterocycles. The van der Waals surface area contributed by atoms with Crippen molar-refractivity contribution in [1.82, 2.24) is 0 Å². The molecular formula is C11H14F2O4. The Morgan fingerprint density at radius 3 is 2.35 bits per heavy atom. The van der Waals surface area contributed by atoms with Crippen molar-refractivity contribution < 1.29 is 27.9 Å². The Balaban J connectivity index is 2.46. The predicted octanol–water partition coefficient (Wildman–Crippen LogP) is 1.37. The molecule has 0 bridgehead atoms. The molecule has 0 N–H and O–H groups in total. The summed E-state index contributed by atoms with van der Waals surface area (Å²) in [5, 5.41) is 0. The van der Waals surface area contributed by atoms with E-state index in [-0.39, 0.29) is 6.61 Å². The maximum atomic E-state index is 12.8. The van der Waals surface area contributed by atoms with Gasteiger partial charge >= 0.3 is 5.97 Å². The van der Waals surface area contributed by atoms with Gasteiger partial charge < -0.3 is 4.74 Å². The molecule has 96 valence electrons. The van der Waals surface area contributed by atoms with Gasteiger partial charge in [0.2, 0.25) is 5.78 Å².